The number of hydrogen-bond donors (Lipinski definition) is 1. The lowest BCUT2D eigenvalue weighted by molar-refractivity contribution is 0.198. The van der Waals surface area contributed by atoms with Crippen molar-refractivity contribution in [2.45, 2.75) is 29.9 Å². The molecule has 0 amide bonds. The fourth-order valence-corrected chi connectivity index (χ4v) is 2.37. The molecule has 0 saturated carbocycles. The molecule has 0 spiro atoms. The van der Waals surface area contributed by atoms with Crippen molar-refractivity contribution >= 4 is 11.8 Å². The van der Waals surface area contributed by atoms with Crippen LogP contribution < -0.4 is 0 Å². The molecule has 2 aromatic rings. The van der Waals surface area contributed by atoms with Gasteiger partial charge in [0.1, 0.15) is 5.03 Å². The Morgan fingerprint density at radius 2 is 2.06 bits per heavy atom. The molecule has 88 valence electrons. The van der Waals surface area contributed by atoms with E-state index in [1.807, 2.05) is 18.2 Å². The van der Waals surface area contributed by atoms with E-state index in [9.17, 15) is 5.11 Å². The van der Waals surface area contributed by atoms with E-state index in [0.29, 0.717) is 0 Å². The third kappa shape index (κ3) is 3.32. The molecule has 0 unspecified atom stereocenters. The highest BCUT2D eigenvalue weighted by Gasteiger charge is 2.02. The number of nitrogens with zero attached hydrogens (tertiary/aromatic N) is 1. The molecule has 1 aromatic carbocycles. The number of benzene rings is 1. The second-order valence-corrected chi connectivity index (χ2v) is 5.12. The largest absolute Gasteiger partial charge is 0.389 e. The van der Waals surface area contributed by atoms with Crippen LogP contribution in [0.15, 0.2) is 52.5 Å². The Labute approximate surface area is 106 Å². The SMILES string of the molecule is Cc1cccc(Sc2ccc([C@@H](C)O)cn2)c1. The standard InChI is InChI=1S/C14H15NOS/c1-10-4-3-5-13(8-10)17-14-7-6-12(9-15-14)11(2)16/h3-9,11,16H,1-2H3/t11-/m1/s1. The van der Waals surface area contributed by atoms with E-state index in [0.717, 1.165) is 10.6 Å². The molecular weight excluding hydrogens is 230 g/mol. The Kier molecular flexibility index (Phi) is 3.82. The fourth-order valence-electron chi connectivity index (χ4n) is 1.50. The summed E-state index contributed by atoms with van der Waals surface area (Å²) >= 11 is 1.63. The summed E-state index contributed by atoms with van der Waals surface area (Å²) in [6.45, 7) is 3.82. The summed E-state index contributed by atoms with van der Waals surface area (Å²) in [5.41, 5.74) is 2.09. The third-order valence-corrected chi connectivity index (χ3v) is 3.39. The van der Waals surface area contributed by atoms with Crippen LogP contribution in [0, 0.1) is 6.92 Å². The van der Waals surface area contributed by atoms with Gasteiger partial charge in [0.25, 0.3) is 0 Å². The Balaban J connectivity index is 2.14. The molecule has 17 heavy (non-hydrogen) atoms. The number of aromatic nitrogens is 1. The molecule has 1 atom stereocenters. The number of aliphatic hydroxyl groups excluding tert-OH is 1. The zero-order chi connectivity index (χ0) is 12.3. The van der Waals surface area contributed by atoms with Gasteiger partial charge in [-0.2, -0.15) is 0 Å². The molecule has 1 N–H and O–H groups in total. The van der Waals surface area contributed by atoms with Gasteiger partial charge in [-0.25, -0.2) is 4.98 Å². The normalized spacial score (nSPS) is 12.4. The van der Waals surface area contributed by atoms with Gasteiger partial charge in [-0.1, -0.05) is 35.5 Å². The molecule has 2 rings (SSSR count). The first-order valence-electron chi connectivity index (χ1n) is 5.54. The van der Waals surface area contributed by atoms with Gasteiger partial charge >= 0.3 is 0 Å². The smallest absolute Gasteiger partial charge is 0.101 e. The second kappa shape index (κ2) is 5.34. The third-order valence-electron chi connectivity index (χ3n) is 2.45. The Morgan fingerprint density at radius 3 is 2.65 bits per heavy atom. The van der Waals surface area contributed by atoms with Crippen LogP contribution in [0.25, 0.3) is 0 Å². The van der Waals surface area contributed by atoms with Gasteiger partial charge in [0.2, 0.25) is 0 Å². The van der Waals surface area contributed by atoms with E-state index >= 15 is 0 Å². The molecule has 3 heteroatoms. The Bertz CT molecular complexity index is 494. The molecule has 1 heterocycles. The van der Waals surface area contributed by atoms with Crippen molar-refractivity contribution in [1.29, 1.82) is 0 Å². The summed E-state index contributed by atoms with van der Waals surface area (Å²) in [4.78, 5) is 5.51. The first-order chi connectivity index (χ1) is 8.15. The van der Waals surface area contributed by atoms with E-state index in [2.05, 4.69) is 30.1 Å². The maximum absolute atomic E-state index is 9.39. The maximum Gasteiger partial charge on any atom is 0.101 e. The molecule has 0 aliphatic carbocycles. The highest BCUT2D eigenvalue weighted by molar-refractivity contribution is 7.99. The van der Waals surface area contributed by atoms with Crippen LogP contribution in [0.1, 0.15) is 24.2 Å². The summed E-state index contributed by atoms with van der Waals surface area (Å²) in [7, 11) is 0. The van der Waals surface area contributed by atoms with E-state index in [1.54, 1.807) is 24.9 Å². The summed E-state index contributed by atoms with van der Waals surface area (Å²) in [5, 5.41) is 10.3. The van der Waals surface area contributed by atoms with Crippen molar-refractivity contribution in [2.75, 3.05) is 0 Å². The van der Waals surface area contributed by atoms with Crippen molar-refractivity contribution < 1.29 is 5.11 Å². The van der Waals surface area contributed by atoms with E-state index in [1.165, 1.54) is 10.5 Å². The predicted octanol–water partition coefficient (Wildman–Crippen LogP) is 3.59. The highest BCUT2D eigenvalue weighted by Crippen LogP contribution is 2.27. The van der Waals surface area contributed by atoms with Gasteiger partial charge in [0.15, 0.2) is 0 Å². The van der Waals surface area contributed by atoms with Crippen LogP contribution in [0.5, 0.6) is 0 Å². The summed E-state index contributed by atoms with van der Waals surface area (Å²) < 4.78 is 0. The van der Waals surface area contributed by atoms with Crippen LogP contribution >= 0.6 is 11.8 Å². The monoisotopic (exact) mass is 245 g/mol. The van der Waals surface area contributed by atoms with Crippen LogP contribution in [0.3, 0.4) is 0 Å². The molecule has 0 radical (unpaired) electrons. The molecular formula is C14H15NOS. The van der Waals surface area contributed by atoms with Crippen LogP contribution in [0.2, 0.25) is 0 Å². The molecule has 0 saturated heterocycles. The molecule has 1 aromatic heterocycles. The number of rotatable bonds is 3. The van der Waals surface area contributed by atoms with Crippen molar-refractivity contribution in [3.8, 4) is 0 Å². The zero-order valence-electron chi connectivity index (χ0n) is 9.92. The van der Waals surface area contributed by atoms with Gasteiger partial charge in [-0.05, 0) is 37.6 Å². The summed E-state index contributed by atoms with van der Waals surface area (Å²) in [5.74, 6) is 0. The average Bonchev–Trinajstić information content (AvgIpc) is 2.29. The number of aryl methyl sites for hydroxylation is 1. The van der Waals surface area contributed by atoms with E-state index in [4.69, 9.17) is 0 Å². The molecule has 0 fully saturated rings. The summed E-state index contributed by atoms with van der Waals surface area (Å²) in [6, 6.07) is 12.2. The van der Waals surface area contributed by atoms with Crippen molar-refractivity contribution in [2.24, 2.45) is 0 Å². The lowest BCUT2D eigenvalue weighted by Crippen LogP contribution is -1.92. The minimum Gasteiger partial charge on any atom is -0.389 e. The average molecular weight is 245 g/mol. The second-order valence-electron chi connectivity index (χ2n) is 4.02. The maximum atomic E-state index is 9.39. The molecule has 0 bridgehead atoms. The lowest BCUT2D eigenvalue weighted by Gasteiger charge is -2.05. The topological polar surface area (TPSA) is 33.1 Å². The number of pyridine rings is 1. The van der Waals surface area contributed by atoms with Gasteiger partial charge in [0.05, 0.1) is 6.10 Å². The zero-order valence-corrected chi connectivity index (χ0v) is 10.7. The summed E-state index contributed by atoms with van der Waals surface area (Å²) in [6.07, 6.45) is 1.27. The van der Waals surface area contributed by atoms with Gasteiger partial charge < -0.3 is 5.11 Å². The lowest BCUT2D eigenvalue weighted by atomic mass is 10.2. The fraction of sp³-hybridized carbons (Fsp3) is 0.214. The van der Waals surface area contributed by atoms with E-state index in [-0.39, 0.29) is 0 Å². The number of aliphatic hydroxyl groups is 1. The van der Waals surface area contributed by atoms with Crippen LogP contribution in [0.4, 0.5) is 0 Å². The Morgan fingerprint density at radius 1 is 1.24 bits per heavy atom. The van der Waals surface area contributed by atoms with Crippen molar-refractivity contribution in [1.82, 2.24) is 4.98 Å². The molecule has 0 aliphatic rings. The first-order valence-corrected chi connectivity index (χ1v) is 6.35. The highest BCUT2D eigenvalue weighted by atomic mass is 32.2. The Hall–Kier alpha value is -1.32. The van der Waals surface area contributed by atoms with Crippen molar-refractivity contribution in [3.05, 3.63) is 53.7 Å². The van der Waals surface area contributed by atoms with Crippen LogP contribution in [-0.2, 0) is 0 Å². The first kappa shape index (κ1) is 12.1. The minimum atomic E-state index is -0.458. The van der Waals surface area contributed by atoms with Gasteiger partial charge in [0, 0.05) is 11.1 Å². The molecule has 0 aliphatic heterocycles. The van der Waals surface area contributed by atoms with Crippen molar-refractivity contribution in [3.63, 3.8) is 0 Å². The van der Waals surface area contributed by atoms with Gasteiger partial charge in [-0.15, -0.1) is 0 Å². The predicted molar refractivity (Wildman–Crippen MR) is 70.2 cm³/mol. The van der Waals surface area contributed by atoms with E-state index < -0.39 is 6.10 Å². The number of hydrogen-bond acceptors (Lipinski definition) is 3. The quantitative estimate of drug-likeness (QED) is 0.897. The van der Waals surface area contributed by atoms with Gasteiger partial charge in [-0.3, -0.25) is 0 Å². The molecule has 2 nitrogen and oxygen atoms in total. The van der Waals surface area contributed by atoms with Crippen LogP contribution in [-0.4, -0.2) is 10.1 Å². The minimum absolute atomic E-state index is 0.458.